The molecule has 0 atom stereocenters. The Morgan fingerprint density at radius 2 is 1.76 bits per heavy atom. The number of nitrogens with one attached hydrogen (secondary N) is 1. The Kier molecular flexibility index (Phi) is 8.04. The van der Waals surface area contributed by atoms with E-state index >= 15 is 0 Å². The second-order valence-electron chi connectivity index (χ2n) is 7.70. The summed E-state index contributed by atoms with van der Waals surface area (Å²) >= 11 is 2.02. The van der Waals surface area contributed by atoms with E-state index in [1.165, 1.54) is 11.7 Å². The topological polar surface area (TPSA) is 117 Å². The predicted molar refractivity (Wildman–Crippen MR) is 143 cm³/mol. The highest BCUT2D eigenvalue weighted by Crippen LogP contribution is 2.34. The summed E-state index contributed by atoms with van der Waals surface area (Å²) in [6.07, 6.45) is 0. The molecule has 2 heterocycles. The van der Waals surface area contributed by atoms with Crippen LogP contribution >= 0.6 is 23.1 Å². The van der Waals surface area contributed by atoms with Crippen LogP contribution in [0.5, 0.6) is 0 Å². The molecule has 0 bridgehead atoms. The molecular formula is C26H23N3O6S2. The zero-order chi connectivity index (χ0) is 26.5. The average Bonchev–Trinajstić information content (AvgIpc) is 3.23. The van der Waals surface area contributed by atoms with E-state index in [0.29, 0.717) is 27.3 Å². The van der Waals surface area contributed by atoms with Crippen LogP contribution in [0.1, 0.15) is 32.5 Å². The number of fused-ring (bicyclic) bond motifs is 1. The van der Waals surface area contributed by atoms with Gasteiger partial charge in [-0.25, -0.2) is 14.6 Å². The minimum Gasteiger partial charge on any atom is -0.465 e. The summed E-state index contributed by atoms with van der Waals surface area (Å²) in [4.78, 5) is 55.8. The number of methoxy groups -OCH3 is 1. The molecule has 0 radical (unpaired) electrons. The lowest BCUT2D eigenvalue weighted by Gasteiger charge is -2.13. The highest BCUT2D eigenvalue weighted by molar-refractivity contribution is 7.99. The predicted octanol–water partition coefficient (Wildman–Crippen LogP) is 4.45. The van der Waals surface area contributed by atoms with E-state index in [1.54, 1.807) is 50.2 Å². The third-order valence-electron chi connectivity index (χ3n) is 5.34. The van der Waals surface area contributed by atoms with Crippen molar-refractivity contribution in [3.63, 3.8) is 0 Å². The fraction of sp³-hybridized carbons (Fsp3) is 0.192. The molecular weight excluding hydrogens is 514 g/mol. The Hall–Kier alpha value is -3.96. The molecule has 0 fully saturated rings. The number of carbonyl (C=O) groups excluding carboxylic acids is 3. The first kappa shape index (κ1) is 26.1. The normalized spacial score (nSPS) is 10.8. The average molecular weight is 538 g/mol. The first-order valence-electron chi connectivity index (χ1n) is 11.2. The van der Waals surface area contributed by atoms with Crippen molar-refractivity contribution >= 4 is 56.8 Å². The van der Waals surface area contributed by atoms with Crippen LogP contribution in [0.3, 0.4) is 0 Å². The number of aromatic nitrogens is 2. The van der Waals surface area contributed by atoms with Crippen molar-refractivity contribution in [3.8, 4) is 5.69 Å². The van der Waals surface area contributed by atoms with Crippen LogP contribution in [-0.2, 0) is 14.3 Å². The summed E-state index contributed by atoms with van der Waals surface area (Å²) in [5, 5.41) is 3.70. The molecule has 0 aliphatic carbocycles. The third-order valence-corrected chi connectivity index (χ3v) is 7.47. The molecule has 9 nitrogen and oxygen atoms in total. The van der Waals surface area contributed by atoms with Gasteiger partial charge >= 0.3 is 11.9 Å². The van der Waals surface area contributed by atoms with Gasteiger partial charge in [0.25, 0.3) is 5.56 Å². The first-order chi connectivity index (χ1) is 17.8. The number of hydrogen-bond acceptors (Lipinski definition) is 9. The smallest absolute Gasteiger partial charge is 0.348 e. The molecule has 190 valence electrons. The molecule has 0 aliphatic rings. The number of esters is 2. The van der Waals surface area contributed by atoms with E-state index in [9.17, 15) is 19.2 Å². The molecule has 0 unspecified atom stereocenters. The largest absolute Gasteiger partial charge is 0.465 e. The van der Waals surface area contributed by atoms with Crippen molar-refractivity contribution < 1.29 is 23.9 Å². The zero-order valence-electron chi connectivity index (χ0n) is 20.3. The quantitative estimate of drug-likeness (QED) is 0.199. The number of para-hydroxylation sites is 2. The minimum atomic E-state index is -0.650. The van der Waals surface area contributed by atoms with Gasteiger partial charge in [0.15, 0.2) is 5.16 Å². The summed E-state index contributed by atoms with van der Waals surface area (Å²) in [5.74, 6) is -1.82. The van der Waals surface area contributed by atoms with E-state index in [4.69, 9.17) is 9.47 Å². The third kappa shape index (κ3) is 5.42. The first-order valence-corrected chi connectivity index (χ1v) is 13.0. The van der Waals surface area contributed by atoms with E-state index < -0.39 is 17.8 Å². The lowest BCUT2D eigenvalue weighted by molar-refractivity contribution is -0.113. The lowest BCUT2D eigenvalue weighted by atomic mass is 10.1. The summed E-state index contributed by atoms with van der Waals surface area (Å²) in [6.45, 7) is 3.39. The molecule has 0 saturated carbocycles. The molecule has 2 aromatic heterocycles. The molecule has 1 amide bonds. The Morgan fingerprint density at radius 3 is 2.46 bits per heavy atom. The van der Waals surface area contributed by atoms with Gasteiger partial charge in [0.2, 0.25) is 5.91 Å². The maximum Gasteiger partial charge on any atom is 0.348 e. The number of ether oxygens (including phenoxy) is 2. The second kappa shape index (κ2) is 11.4. The van der Waals surface area contributed by atoms with Crippen LogP contribution in [0.25, 0.3) is 16.6 Å². The lowest BCUT2D eigenvalue weighted by Crippen LogP contribution is -2.23. The maximum atomic E-state index is 13.3. The van der Waals surface area contributed by atoms with E-state index in [-0.39, 0.29) is 33.4 Å². The number of anilines is 1. The summed E-state index contributed by atoms with van der Waals surface area (Å²) in [7, 11) is 1.24. The number of thiophene rings is 1. The highest BCUT2D eigenvalue weighted by Gasteiger charge is 2.27. The SMILES string of the molecule is CCOC(=O)c1c(NC(=O)CSc2nc3ccccc3c(=O)n2-c2ccccc2)sc(C(=O)OC)c1C. The van der Waals surface area contributed by atoms with E-state index in [0.717, 1.165) is 23.1 Å². The molecule has 4 aromatic rings. The van der Waals surface area contributed by atoms with Crippen LogP contribution in [0.4, 0.5) is 5.00 Å². The molecule has 2 aromatic carbocycles. The van der Waals surface area contributed by atoms with Crippen molar-refractivity contribution in [1.82, 2.24) is 9.55 Å². The van der Waals surface area contributed by atoms with Crippen molar-refractivity contribution in [2.24, 2.45) is 0 Å². The molecule has 0 saturated heterocycles. The standard InChI is InChI=1S/C26H23N3O6S2/c1-4-35-24(32)20-15(2)21(25(33)34-3)37-22(20)28-19(30)14-36-26-27-18-13-9-8-12-17(18)23(31)29(26)16-10-6-5-7-11-16/h5-13H,4,14H2,1-3H3,(H,28,30). The van der Waals surface area contributed by atoms with Gasteiger partial charge in [-0.3, -0.25) is 14.2 Å². The highest BCUT2D eigenvalue weighted by atomic mass is 32.2. The van der Waals surface area contributed by atoms with Gasteiger partial charge in [0.1, 0.15) is 9.88 Å². The van der Waals surface area contributed by atoms with Crippen LogP contribution in [0, 0.1) is 6.92 Å². The summed E-state index contributed by atoms with van der Waals surface area (Å²) in [5.41, 5.74) is 1.36. The number of benzene rings is 2. The van der Waals surface area contributed by atoms with Crippen molar-refractivity contribution in [1.29, 1.82) is 0 Å². The van der Waals surface area contributed by atoms with Crippen molar-refractivity contribution in [2.45, 2.75) is 19.0 Å². The van der Waals surface area contributed by atoms with Gasteiger partial charge in [0, 0.05) is 0 Å². The fourth-order valence-corrected chi connectivity index (χ4v) is 5.59. The monoisotopic (exact) mass is 537 g/mol. The number of carbonyl (C=O) groups is 3. The van der Waals surface area contributed by atoms with Crippen LogP contribution in [0.2, 0.25) is 0 Å². The number of hydrogen-bond donors (Lipinski definition) is 1. The van der Waals surface area contributed by atoms with Crippen LogP contribution < -0.4 is 10.9 Å². The zero-order valence-corrected chi connectivity index (χ0v) is 21.9. The van der Waals surface area contributed by atoms with Crippen LogP contribution in [-0.4, -0.2) is 46.9 Å². The minimum absolute atomic E-state index is 0.107. The van der Waals surface area contributed by atoms with Gasteiger partial charge in [0.05, 0.1) is 41.6 Å². The van der Waals surface area contributed by atoms with Gasteiger partial charge in [-0.15, -0.1) is 11.3 Å². The number of rotatable bonds is 8. The molecule has 11 heteroatoms. The number of thioether (sulfide) groups is 1. The Balaban J connectivity index is 1.64. The fourth-order valence-electron chi connectivity index (χ4n) is 3.64. The Bertz CT molecular complexity index is 1550. The van der Waals surface area contributed by atoms with Crippen molar-refractivity contribution in [2.75, 3.05) is 24.8 Å². The van der Waals surface area contributed by atoms with E-state index in [1.807, 2.05) is 18.2 Å². The molecule has 0 spiro atoms. The second-order valence-corrected chi connectivity index (χ2v) is 9.66. The molecule has 37 heavy (non-hydrogen) atoms. The maximum absolute atomic E-state index is 13.3. The molecule has 1 N–H and O–H groups in total. The van der Waals surface area contributed by atoms with E-state index in [2.05, 4.69) is 10.3 Å². The Labute approximate surface area is 220 Å². The summed E-state index contributed by atoms with van der Waals surface area (Å²) < 4.78 is 11.4. The molecule has 0 aliphatic heterocycles. The number of nitrogens with zero attached hydrogens (tertiary/aromatic N) is 2. The number of amides is 1. The molecule has 4 rings (SSSR count). The van der Waals surface area contributed by atoms with Crippen LogP contribution in [0.15, 0.2) is 64.5 Å². The summed E-state index contributed by atoms with van der Waals surface area (Å²) in [6, 6.07) is 16.1. The Morgan fingerprint density at radius 1 is 1.05 bits per heavy atom. The van der Waals surface area contributed by atoms with Gasteiger partial charge in [-0.1, -0.05) is 42.1 Å². The van der Waals surface area contributed by atoms with Gasteiger partial charge in [-0.2, -0.15) is 0 Å². The van der Waals surface area contributed by atoms with Crippen molar-refractivity contribution in [3.05, 3.63) is 81.0 Å². The van der Waals surface area contributed by atoms with Gasteiger partial charge < -0.3 is 14.8 Å². The van der Waals surface area contributed by atoms with Gasteiger partial charge in [-0.05, 0) is 43.7 Å².